The van der Waals surface area contributed by atoms with E-state index in [1.165, 1.54) is 0 Å². The summed E-state index contributed by atoms with van der Waals surface area (Å²) in [5.74, 6) is -1.15. The number of Topliss-reactive ketones (excluding diaryl/α,β-unsaturated/α-hetero) is 1. The molecule has 0 amide bonds. The molecule has 2 bridgehead atoms. The van der Waals surface area contributed by atoms with Gasteiger partial charge in [-0.25, -0.2) is 4.79 Å². The van der Waals surface area contributed by atoms with Crippen molar-refractivity contribution in [3.63, 3.8) is 0 Å². The van der Waals surface area contributed by atoms with Crippen LogP contribution in [0.25, 0.3) is 0 Å². The van der Waals surface area contributed by atoms with Crippen LogP contribution in [0.15, 0.2) is 0 Å². The highest BCUT2D eigenvalue weighted by Crippen LogP contribution is 2.54. The van der Waals surface area contributed by atoms with E-state index in [-0.39, 0.29) is 0 Å². The van der Waals surface area contributed by atoms with Crippen molar-refractivity contribution in [3.05, 3.63) is 0 Å². The Morgan fingerprint density at radius 2 is 1.83 bits per heavy atom. The number of rotatable bonds is 2. The van der Waals surface area contributed by atoms with Crippen molar-refractivity contribution in [1.82, 2.24) is 0 Å². The zero-order valence-corrected chi connectivity index (χ0v) is 6.88. The number of ketones is 1. The minimum atomic E-state index is -1.24. The Kier molecular flexibility index (Phi) is 1.50. The standard InChI is InChI=1S/C9H12O3/c10-7(8(11)12)9-3-1-6(5-9)2-4-9/h6H,1-5H2,(H,11,12). The Hall–Kier alpha value is -0.860. The molecule has 0 aromatic rings. The fraction of sp³-hybridized carbons (Fsp3) is 0.778. The Bertz CT molecular complexity index is 236. The fourth-order valence-corrected chi connectivity index (χ4v) is 2.74. The first-order valence-corrected chi connectivity index (χ1v) is 4.42. The molecule has 3 nitrogen and oxygen atoms in total. The zero-order chi connectivity index (χ0) is 8.77. The van der Waals surface area contributed by atoms with Gasteiger partial charge in [0.25, 0.3) is 0 Å². The molecule has 0 aromatic heterocycles. The molecule has 0 heterocycles. The first-order chi connectivity index (χ1) is 5.64. The second kappa shape index (κ2) is 2.31. The van der Waals surface area contributed by atoms with Crippen molar-refractivity contribution in [1.29, 1.82) is 0 Å². The lowest BCUT2D eigenvalue weighted by Gasteiger charge is -2.21. The molecule has 2 fully saturated rings. The largest absolute Gasteiger partial charge is 0.475 e. The van der Waals surface area contributed by atoms with Gasteiger partial charge in [0.2, 0.25) is 5.78 Å². The van der Waals surface area contributed by atoms with Gasteiger partial charge in [-0.1, -0.05) is 0 Å². The van der Waals surface area contributed by atoms with Crippen LogP contribution in [0.3, 0.4) is 0 Å². The third-order valence-corrected chi connectivity index (χ3v) is 3.42. The molecule has 0 saturated heterocycles. The van der Waals surface area contributed by atoms with E-state index in [1.54, 1.807) is 0 Å². The van der Waals surface area contributed by atoms with E-state index >= 15 is 0 Å². The Morgan fingerprint density at radius 1 is 1.25 bits per heavy atom. The van der Waals surface area contributed by atoms with Crippen molar-refractivity contribution in [2.75, 3.05) is 0 Å². The topological polar surface area (TPSA) is 54.4 Å². The van der Waals surface area contributed by atoms with Crippen LogP contribution in [0.2, 0.25) is 0 Å². The van der Waals surface area contributed by atoms with Crippen molar-refractivity contribution >= 4 is 11.8 Å². The van der Waals surface area contributed by atoms with Gasteiger partial charge in [-0.2, -0.15) is 0 Å². The van der Waals surface area contributed by atoms with Crippen LogP contribution in [0.4, 0.5) is 0 Å². The lowest BCUT2D eigenvalue weighted by atomic mass is 9.80. The van der Waals surface area contributed by atoms with Crippen LogP contribution in [0, 0.1) is 11.3 Å². The summed E-state index contributed by atoms with van der Waals surface area (Å²) in [5.41, 5.74) is -0.448. The number of aliphatic carboxylic acids is 1. The molecule has 66 valence electrons. The number of carbonyl (C=O) groups excluding carboxylic acids is 1. The second-order valence-electron chi connectivity index (χ2n) is 4.06. The van der Waals surface area contributed by atoms with E-state index in [0.717, 1.165) is 32.1 Å². The molecular weight excluding hydrogens is 156 g/mol. The van der Waals surface area contributed by atoms with E-state index in [0.29, 0.717) is 5.92 Å². The van der Waals surface area contributed by atoms with Crippen LogP contribution in [0.1, 0.15) is 32.1 Å². The minimum absolute atomic E-state index is 0.448. The van der Waals surface area contributed by atoms with Gasteiger partial charge in [0.1, 0.15) is 0 Å². The molecule has 0 aliphatic heterocycles. The van der Waals surface area contributed by atoms with Crippen molar-refractivity contribution in [2.24, 2.45) is 11.3 Å². The molecule has 2 rings (SSSR count). The van der Waals surface area contributed by atoms with E-state index in [4.69, 9.17) is 5.11 Å². The van der Waals surface area contributed by atoms with Crippen molar-refractivity contribution in [3.8, 4) is 0 Å². The molecule has 3 heteroatoms. The van der Waals surface area contributed by atoms with Gasteiger partial charge in [0.05, 0.1) is 0 Å². The number of carboxylic acids is 1. The maximum Gasteiger partial charge on any atom is 0.372 e. The monoisotopic (exact) mass is 168 g/mol. The Labute approximate surface area is 70.8 Å². The summed E-state index contributed by atoms with van der Waals surface area (Å²) in [6.45, 7) is 0. The van der Waals surface area contributed by atoms with Crippen molar-refractivity contribution in [2.45, 2.75) is 32.1 Å². The van der Waals surface area contributed by atoms with Gasteiger partial charge < -0.3 is 5.11 Å². The van der Waals surface area contributed by atoms with Gasteiger partial charge in [-0.3, -0.25) is 4.79 Å². The lowest BCUT2D eigenvalue weighted by molar-refractivity contribution is -0.154. The quantitative estimate of drug-likeness (QED) is 0.631. The molecule has 0 atom stereocenters. The molecule has 2 saturated carbocycles. The number of carboxylic acid groups (broad SMARTS) is 1. The summed E-state index contributed by atoms with van der Waals surface area (Å²) < 4.78 is 0. The van der Waals surface area contributed by atoms with Gasteiger partial charge in [-0.05, 0) is 38.0 Å². The predicted octanol–water partition coefficient (Wildman–Crippen LogP) is 1.22. The molecule has 2 aliphatic rings. The first-order valence-electron chi connectivity index (χ1n) is 4.42. The molecule has 0 unspecified atom stereocenters. The summed E-state index contributed by atoms with van der Waals surface area (Å²) in [4.78, 5) is 21.8. The van der Waals surface area contributed by atoms with E-state index in [1.807, 2.05) is 0 Å². The number of hydrogen-bond acceptors (Lipinski definition) is 2. The SMILES string of the molecule is O=C(O)C(=O)C12CCC(CC1)C2. The molecular formula is C9H12O3. The smallest absolute Gasteiger partial charge is 0.372 e. The zero-order valence-electron chi connectivity index (χ0n) is 6.88. The fourth-order valence-electron chi connectivity index (χ4n) is 2.74. The minimum Gasteiger partial charge on any atom is -0.475 e. The van der Waals surface area contributed by atoms with Gasteiger partial charge in [0, 0.05) is 5.41 Å². The van der Waals surface area contributed by atoms with Crippen LogP contribution >= 0.6 is 0 Å². The second-order valence-corrected chi connectivity index (χ2v) is 4.06. The molecule has 0 spiro atoms. The predicted molar refractivity (Wildman–Crippen MR) is 41.7 cm³/mol. The molecule has 2 aliphatic carbocycles. The summed E-state index contributed by atoms with van der Waals surface area (Å²) in [6.07, 6.45) is 4.56. The molecule has 0 aromatic carbocycles. The van der Waals surface area contributed by atoms with E-state index in [2.05, 4.69) is 0 Å². The van der Waals surface area contributed by atoms with Crippen LogP contribution in [0.5, 0.6) is 0 Å². The average Bonchev–Trinajstić information content (AvgIpc) is 2.62. The highest BCUT2D eigenvalue weighted by molar-refractivity contribution is 6.35. The number of carbonyl (C=O) groups is 2. The number of hydrogen-bond donors (Lipinski definition) is 1. The molecule has 12 heavy (non-hydrogen) atoms. The van der Waals surface area contributed by atoms with E-state index < -0.39 is 17.2 Å². The van der Waals surface area contributed by atoms with Crippen LogP contribution < -0.4 is 0 Å². The number of fused-ring (bicyclic) bond motifs is 2. The van der Waals surface area contributed by atoms with Gasteiger partial charge in [0.15, 0.2) is 0 Å². The van der Waals surface area contributed by atoms with E-state index in [9.17, 15) is 9.59 Å². The Morgan fingerprint density at radius 3 is 2.17 bits per heavy atom. The maximum absolute atomic E-state index is 11.3. The van der Waals surface area contributed by atoms with Crippen LogP contribution in [-0.2, 0) is 9.59 Å². The van der Waals surface area contributed by atoms with Crippen molar-refractivity contribution < 1.29 is 14.7 Å². The third-order valence-electron chi connectivity index (χ3n) is 3.42. The molecule has 0 radical (unpaired) electrons. The lowest BCUT2D eigenvalue weighted by Crippen LogP contribution is -2.32. The summed E-state index contributed by atoms with van der Waals surface area (Å²) in [7, 11) is 0. The molecule has 1 N–H and O–H groups in total. The van der Waals surface area contributed by atoms with Crippen LogP contribution in [-0.4, -0.2) is 16.9 Å². The Balaban J connectivity index is 2.21. The maximum atomic E-state index is 11.3. The normalized spacial score (nSPS) is 38.5. The first kappa shape index (κ1) is 7.77. The third kappa shape index (κ3) is 0.886. The highest BCUT2D eigenvalue weighted by atomic mass is 16.4. The average molecular weight is 168 g/mol. The van der Waals surface area contributed by atoms with Gasteiger partial charge in [-0.15, -0.1) is 0 Å². The summed E-state index contributed by atoms with van der Waals surface area (Å²) in [5, 5.41) is 8.61. The highest BCUT2D eigenvalue weighted by Gasteiger charge is 2.51. The summed E-state index contributed by atoms with van der Waals surface area (Å²) >= 11 is 0. The van der Waals surface area contributed by atoms with Gasteiger partial charge >= 0.3 is 5.97 Å². The summed E-state index contributed by atoms with van der Waals surface area (Å²) in [6, 6.07) is 0.